The van der Waals surface area contributed by atoms with Crippen LogP contribution in [-0.2, 0) is 6.18 Å². The molecule has 0 radical (unpaired) electrons. The van der Waals surface area contributed by atoms with E-state index in [0.29, 0.717) is 11.6 Å². The van der Waals surface area contributed by atoms with Gasteiger partial charge >= 0.3 is 6.18 Å². The van der Waals surface area contributed by atoms with Gasteiger partial charge < -0.3 is 0 Å². The first-order valence-corrected chi connectivity index (χ1v) is 4.71. The number of carbonyl (C=O) groups is 1. The highest BCUT2D eigenvalue weighted by atomic mass is 19.4. The molecule has 0 atom stereocenters. The summed E-state index contributed by atoms with van der Waals surface area (Å²) in [6, 6.07) is 8.71. The zero-order chi connectivity index (χ0) is 12.5. The molecule has 1 aromatic heterocycles. The maximum atomic E-state index is 12.3. The first-order valence-electron chi connectivity index (χ1n) is 4.71. The zero-order valence-corrected chi connectivity index (χ0v) is 8.45. The van der Waals surface area contributed by atoms with Crippen LogP contribution in [0.5, 0.6) is 0 Å². The summed E-state index contributed by atoms with van der Waals surface area (Å²) in [5.74, 6) is -0.544. The third-order valence-corrected chi connectivity index (χ3v) is 2.15. The highest BCUT2D eigenvalue weighted by molar-refractivity contribution is 6.07. The monoisotopic (exact) mass is 240 g/mol. The number of rotatable bonds is 2. The minimum absolute atomic E-state index is 0.247. The lowest BCUT2D eigenvalue weighted by atomic mass is 10.1. The Bertz CT molecular complexity index is 531. The number of alkyl halides is 3. The minimum Gasteiger partial charge on any atom is -0.287 e. The molecule has 2 rings (SSSR count). The van der Waals surface area contributed by atoms with E-state index in [1.54, 1.807) is 23.3 Å². The number of nitrogens with one attached hydrogen (secondary N) is 1. The molecular weight excluding hydrogens is 233 g/mol. The van der Waals surface area contributed by atoms with Gasteiger partial charge in [0.2, 0.25) is 5.78 Å². The lowest BCUT2D eigenvalue weighted by Gasteiger charge is -1.99. The van der Waals surface area contributed by atoms with Gasteiger partial charge in [-0.3, -0.25) is 9.89 Å². The average molecular weight is 240 g/mol. The largest absolute Gasteiger partial charge is 0.432 e. The Hall–Kier alpha value is -2.11. The van der Waals surface area contributed by atoms with Crippen molar-refractivity contribution in [2.24, 2.45) is 0 Å². The third-order valence-electron chi connectivity index (χ3n) is 2.15. The molecule has 0 aliphatic carbocycles. The van der Waals surface area contributed by atoms with Crippen LogP contribution in [0, 0.1) is 0 Å². The molecule has 2 aromatic rings. The summed E-state index contributed by atoms with van der Waals surface area (Å²) in [6.07, 6.45) is -4.53. The SMILES string of the molecule is O=C(c1ccccc1)c1cc(C(F)(F)F)[nH]n1. The van der Waals surface area contributed by atoms with E-state index in [1.165, 1.54) is 12.1 Å². The van der Waals surface area contributed by atoms with Crippen LogP contribution >= 0.6 is 0 Å². The molecule has 0 saturated heterocycles. The van der Waals surface area contributed by atoms with Crippen LogP contribution < -0.4 is 0 Å². The molecule has 0 spiro atoms. The van der Waals surface area contributed by atoms with E-state index >= 15 is 0 Å². The van der Waals surface area contributed by atoms with Crippen LogP contribution in [0.25, 0.3) is 0 Å². The smallest absolute Gasteiger partial charge is 0.287 e. The van der Waals surface area contributed by atoms with Gasteiger partial charge in [0, 0.05) is 5.56 Å². The molecule has 0 aliphatic rings. The molecular formula is C11H7F3N2O. The van der Waals surface area contributed by atoms with Crippen molar-refractivity contribution in [1.29, 1.82) is 0 Å². The second-order valence-electron chi connectivity index (χ2n) is 3.36. The number of ketones is 1. The number of hydrogen-bond acceptors (Lipinski definition) is 2. The molecule has 1 aromatic carbocycles. The summed E-state index contributed by atoms with van der Waals surface area (Å²) >= 11 is 0. The highest BCUT2D eigenvalue weighted by Gasteiger charge is 2.33. The van der Waals surface area contributed by atoms with Crippen LogP contribution in [0.3, 0.4) is 0 Å². The molecule has 0 bridgehead atoms. The Morgan fingerprint density at radius 3 is 2.35 bits per heavy atom. The summed E-state index contributed by atoms with van der Waals surface area (Å²) in [4.78, 5) is 11.7. The Balaban J connectivity index is 2.30. The quantitative estimate of drug-likeness (QED) is 0.820. The summed E-state index contributed by atoms with van der Waals surface area (Å²) in [5, 5.41) is 5.16. The Kier molecular flexibility index (Phi) is 2.71. The van der Waals surface area contributed by atoms with Gasteiger partial charge in [-0.25, -0.2) is 0 Å². The fourth-order valence-corrected chi connectivity index (χ4v) is 1.32. The fraction of sp³-hybridized carbons (Fsp3) is 0.0909. The lowest BCUT2D eigenvalue weighted by molar-refractivity contribution is -0.141. The van der Waals surface area contributed by atoms with Crippen molar-refractivity contribution >= 4 is 5.78 Å². The molecule has 0 aliphatic heterocycles. The van der Waals surface area contributed by atoms with Crippen molar-refractivity contribution in [3.63, 3.8) is 0 Å². The Morgan fingerprint density at radius 2 is 1.82 bits per heavy atom. The molecule has 0 amide bonds. The summed E-state index contributed by atoms with van der Waals surface area (Å²) in [7, 11) is 0. The molecule has 6 heteroatoms. The summed E-state index contributed by atoms with van der Waals surface area (Å²) in [5.41, 5.74) is -0.979. The van der Waals surface area contributed by atoms with Crippen molar-refractivity contribution in [2.75, 3.05) is 0 Å². The fourth-order valence-electron chi connectivity index (χ4n) is 1.32. The molecule has 1 N–H and O–H groups in total. The van der Waals surface area contributed by atoms with Gasteiger partial charge in [0.05, 0.1) is 0 Å². The number of aromatic amines is 1. The highest BCUT2D eigenvalue weighted by Crippen LogP contribution is 2.28. The molecule has 17 heavy (non-hydrogen) atoms. The number of nitrogens with zero attached hydrogens (tertiary/aromatic N) is 1. The molecule has 1 heterocycles. The summed E-state index contributed by atoms with van der Waals surface area (Å²) < 4.78 is 36.9. The van der Waals surface area contributed by atoms with E-state index in [-0.39, 0.29) is 5.69 Å². The van der Waals surface area contributed by atoms with Crippen molar-refractivity contribution in [3.8, 4) is 0 Å². The predicted octanol–water partition coefficient (Wildman–Crippen LogP) is 2.66. The van der Waals surface area contributed by atoms with Gasteiger partial charge in [0.1, 0.15) is 11.4 Å². The average Bonchev–Trinajstić information content (AvgIpc) is 2.78. The lowest BCUT2D eigenvalue weighted by Crippen LogP contribution is -2.05. The van der Waals surface area contributed by atoms with E-state index in [4.69, 9.17) is 0 Å². The second-order valence-corrected chi connectivity index (χ2v) is 3.36. The molecule has 88 valence electrons. The van der Waals surface area contributed by atoms with Crippen LogP contribution in [0.4, 0.5) is 13.2 Å². The number of benzene rings is 1. The normalized spacial score (nSPS) is 11.5. The van der Waals surface area contributed by atoms with Gasteiger partial charge in [0.25, 0.3) is 0 Å². The van der Waals surface area contributed by atoms with Crippen LogP contribution in [0.15, 0.2) is 36.4 Å². The van der Waals surface area contributed by atoms with Crippen molar-refractivity contribution in [2.45, 2.75) is 6.18 Å². The second kappa shape index (κ2) is 4.04. The number of carbonyl (C=O) groups excluding carboxylic acids is 1. The van der Waals surface area contributed by atoms with Gasteiger partial charge in [0.15, 0.2) is 0 Å². The van der Waals surface area contributed by atoms with Crippen LogP contribution in [-0.4, -0.2) is 16.0 Å². The van der Waals surface area contributed by atoms with E-state index in [1.807, 2.05) is 0 Å². The number of hydrogen-bond donors (Lipinski definition) is 1. The minimum atomic E-state index is -4.53. The zero-order valence-electron chi connectivity index (χ0n) is 8.45. The van der Waals surface area contributed by atoms with E-state index < -0.39 is 17.7 Å². The summed E-state index contributed by atoms with van der Waals surface area (Å²) in [6.45, 7) is 0. The Labute approximate surface area is 94.3 Å². The molecule has 0 fully saturated rings. The van der Waals surface area contributed by atoms with Crippen molar-refractivity contribution < 1.29 is 18.0 Å². The van der Waals surface area contributed by atoms with Gasteiger partial charge in [-0.05, 0) is 6.07 Å². The van der Waals surface area contributed by atoms with Gasteiger partial charge in [-0.1, -0.05) is 30.3 Å². The van der Waals surface area contributed by atoms with E-state index in [0.717, 1.165) is 0 Å². The first kappa shape index (κ1) is 11.4. The maximum Gasteiger partial charge on any atom is 0.432 e. The molecule has 0 unspecified atom stereocenters. The van der Waals surface area contributed by atoms with Crippen molar-refractivity contribution in [1.82, 2.24) is 10.2 Å². The standard InChI is InChI=1S/C11H7F3N2O/c12-11(13,14)9-6-8(15-16-9)10(17)7-4-2-1-3-5-7/h1-6H,(H,15,16). The first-order chi connectivity index (χ1) is 7.98. The van der Waals surface area contributed by atoms with E-state index in [2.05, 4.69) is 5.10 Å². The van der Waals surface area contributed by atoms with Gasteiger partial charge in [-0.2, -0.15) is 18.3 Å². The van der Waals surface area contributed by atoms with Crippen LogP contribution in [0.2, 0.25) is 0 Å². The van der Waals surface area contributed by atoms with Crippen LogP contribution in [0.1, 0.15) is 21.7 Å². The maximum absolute atomic E-state index is 12.3. The van der Waals surface area contributed by atoms with Gasteiger partial charge in [-0.15, -0.1) is 0 Å². The van der Waals surface area contributed by atoms with E-state index in [9.17, 15) is 18.0 Å². The third kappa shape index (κ3) is 2.35. The number of aromatic nitrogens is 2. The molecule has 0 saturated carbocycles. The number of H-pyrrole nitrogens is 1. The topological polar surface area (TPSA) is 45.8 Å². The van der Waals surface area contributed by atoms with Crippen molar-refractivity contribution in [3.05, 3.63) is 53.3 Å². The Morgan fingerprint density at radius 1 is 1.18 bits per heavy atom. The molecule has 3 nitrogen and oxygen atoms in total. The number of halogens is 3. The predicted molar refractivity (Wildman–Crippen MR) is 53.5 cm³/mol.